The standard InChI is InChI=1S/C21H25N5O2S/c1-7-26-10-14(5)17(25-26)19(27)24-21-22-15(6)18(29-21)20(28)23-16-12(3)8-11(2)9-13(16)4/h8-10H,7H2,1-6H3,(H,23,28)(H,22,24,27). The molecule has 0 unspecified atom stereocenters. The molecule has 0 saturated heterocycles. The fraction of sp³-hybridized carbons (Fsp3) is 0.333. The molecule has 0 fully saturated rings. The number of nitrogens with zero attached hydrogens (tertiary/aromatic N) is 3. The molecule has 2 amide bonds. The Bertz CT molecular complexity index is 1070. The number of hydrogen-bond donors (Lipinski definition) is 2. The minimum absolute atomic E-state index is 0.234. The van der Waals surface area contributed by atoms with Crippen molar-refractivity contribution in [2.75, 3.05) is 10.6 Å². The molecule has 0 spiro atoms. The molecule has 0 aliphatic heterocycles. The van der Waals surface area contributed by atoms with Crippen LogP contribution in [-0.4, -0.2) is 26.6 Å². The van der Waals surface area contributed by atoms with Crippen LogP contribution >= 0.6 is 11.3 Å². The molecule has 7 nitrogen and oxygen atoms in total. The van der Waals surface area contributed by atoms with Gasteiger partial charge in [0.25, 0.3) is 11.8 Å². The fourth-order valence-corrected chi connectivity index (χ4v) is 4.13. The second-order valence-electron chi connectivity index (χ2n) is 7.13. The molecule has 0 saturated carbocycles. The number of hydrogen-bond acceptors (Lipinski definition) is 5. The highest BCUT2D eigenvalue weighted by Crippen LogP contribution is 2.27. The summed E-state index contributed by atoms with van der Waals surface area (Å²) < 4.78 is 1.71. The lowest BCUT2D eigenvalue weighted by atomic mass is 10.1. The first-order valence-corrected chi connectivity index (χ1v) is 10.2. The maximum atomic E-state index is 12.8. The van der Waals surface area contributed by atoms with E-state index in [9.17, 15) is 9.59 Å². The van der Waals surface area contributed by atoms with Crippen LogP contribution in [-0.2, 0) is 6.54 Å². The van der Waals surface area contributed by atoms with Gasteiger partial charge in [0, 0.05) is 24.0 Å². The van der Waals surface area contributed by atoms with E-state index >= 15 is 0 Å². The number of benzene rings is 1. The average molecular weight is 412 g/mol. The highest BCUT2D eigenvalue weighted by molar-refractivity contribution is 7.17. The van der Waals surface area contributed by atoms with Crippen LogP contribution in [0.3, 0.4) is 0 Å². The van der Waals surface area contributed by atoms with Gasteiger partial charge in [-0.15, -0.1) is 0 Å². The molecule has 0 aliphatic carbocycles. The lowest BCUT2D eigenvalue weighted by molar-refractivity contribution is 0.101. The van der Waals surface area contributed by atoms with E-state index in [4.69, 9.17) is 0 Å². The van der Waals surface area contributed by atoms with Gasteiger partial charge in [0.1, 0.15) is 4.88 Å². The Labute approximate surface area is 174 Å². The lowest BCUT2D eigenvalue weighted by Gasteiger charge is -2.12. The monoisotopic (exact) mass is 411 g/mol. The third kappa shape index (κ3) is 4.37. The van der Waals surface area contributed by atoms with Gasteiger partial charge in [-0.2, -0.15) is 5.10 Å². The van der Waals surface area contributed by atoms with Crippen molar-refractivity contribution in [2.45, 2.75) is 48.1 Å². The summed E-state index contributed by atoms with van der Waals surface area (Å²) in [7, 11) is 0. The Hall–Kier alpha value is -3.00. The molecule has 3 rings (SSSR count). The van der Waals surface area contributed by atoms with E-state index in [0.717, 1.165) is 39.3 Å². The van der Waals surface area contributed by atoms with E-state index in [1.54, 1.807) is 11.6 Å². The van der Waals surface area contributed by atoms with Crippen LogP contribution in [0.15, 0.2) is 18.3 Å². The van der Waals surface area contributed by atoms with Gasteiger partial charge >= 0.3 is 0 Å². The number of carbonyl (C=O) groups is 2. The number of nitrogens with one attached hydrogen (secondary N) is 2. The van der Waals surface area contributed by atoms with E-state index in [1.165, 1.54) is 0 Å². The summed E-state index contributed by atoms with van der Waals surface area (Å²) in [5.74, 6) is -0.567. The number of amides is 2. The Balaban J connectivity index is 1.78. The minimum atomic E-state index is -0.333. The molecule has 2 aromatic heterocycles. The van der Waals surface area contributed by atoms with Gasteiger partial charge in [-0.3, -0.25) is 19.6 Å². The molecule has 0 atom stereocenters. The third-order valence-electron chi connectivity index (χ3n) is 4.62. The predicted molar refractivity (Wildman–Crippen MR) is 116 cm³/mol. The van der Waals surface area contributed by atoms with Crippen LogP contribution in [0.25, 0.3) is 0 Å². The number of carbonyl (C=O) groups excluding carboxylic acids is 2. The van der Waals surface area contributed by atoms with Gasteiger partial charge in [0.15, 0.2) is 10.8 Å². The SMILES string of the molecule is CCn1cc(C)c(C(=O)Nc2nc(C)c(C(=O)Nc3c(C)cc(C)cc3C)s2)n1. The lowest BCUT2D eigenvalue weighted by Crippen LogP contribution is -2.14. The molecule has 1 aromatic carbocycles. The Morgan fingerprint density at radius 1 is 1.00 bits per heavy atom. The second-order valence-corrected chi connectivity index (χ2v) is 8.13. The first kappa shape index (κ1) is 20.7. The molecule has 152 valence electrons. The van der Waals surface area contributed by atoms with E-state index in [1.807, 2.05) is 52.9 Å². The predicted octanol–water partition coefficient (Wildman–Crippen LogP) is 4.41. The van der Waals surface area contributed by atoms with Gasteiger partial charge < -0.3 is 5.32 Å². The van der Waals surface area contributed by atoms with Gasteiger partial charge in [0.05, 0.1) is 5.69 Å². The topological polar surface area (TPSA) is 88.9 Å². The number of aromatic nitrogens is 3. The van der Waals surface area contributed by atoms with Crippen molar-refractivity contribution in [1.29, 1.82) is 0 Å². The van der Waals surface area contributed by atoms with E-state index in [0.29, 0.717) is 27.9 Å². The molecule has 29 heavy (non-hydrogen) atoms. The van der Waals surface area contributed by atoms with Crippen LogP contribution in [0.2, 0.25) is 0 Å². The van der Waals surface area contributed by atoms with Crippen LogP contribution < -0.4 is 10.6 Å². The van der Waals surface area contributed by atoms with Crippen molar-refractivity contribution in [3.8, 4) is 0 Å². The first-order valence-electron chi connectivity index (χ1n) is 9.41. The fourth-order valence-electron chi connectivity index (χ4n) is 3.27. The van der Waals surface area contributed by atoms with Crippen molar-refractivity contribution in [2.24, 2.45) is 0 Å². The minimum Gasteiger partial charge on any atom is -0.321 e. The van der Waals surface area contributed by atoms with Crippen molar-refractivity contribution >= 4 is 34.0 Å². The summed E-state index contributed by atoms with van der Waals surface area (Å²) in [4.78, 5) is 30.2. The normalized spacial score (nSPS) is 10.8. The molecule has 0 radical (unpaired) electrons. The van der Waals surface area contributed by atoms with Crippen molar-refractivity contribution in [1.82, 2.24) is 14.8 Å². The summed E-state index contributed by atoms with van der Waals surface area (Å²) in [6.07, 6.45) is 1.83. The second kappa shape index (κ2) is 8.16. The summed E-state index contributed by atoms with van der Waals surface area (Å²) in [5, 5.41) is 10.4. The summed E-state index contributed by atoms with van der Waals surface area (Å²) in [6.45, 7) is 12.2. The maximum Gasteiger partial charge on any atom is 0.278 e. The van der Waals surface area contributed by atoms with Crippen LogP contribution in [0.5, 0.6) is 0 Å². The molecule has 2 heterocycles. The number of rotatable bonds is 5. The molecular weight excluding hydrogens is 386 g/mol. The smallest absolute Gasteiger partial charge is 0.278 e. The maximum absolute atomic E-state index is 12.8. The van der Waals surface area contributed by atoms with Crippen molar-refractivity contribution in [3.05, 3.63) is 56.8 Å². The van der Waals surface area contributed by atoms with Crippen LogP contribution in [0.1, 0.15) is 55.0 Å². The number of anilines is 2. The van der Waals surface area contributed by atoms with Gasteiger partial charge in [0.2, 0.25) is 0 Å². The van der Waals surface area contributed by atoms with Crippen molar-refractivity contribution in [3.63, 3.8) is 0 Å². The van der Waals surface area contributed by atoms with Gasteiger partial charge in [-0.1, -0.05) is 29.0 Å². The summed E-state index contributed by atoms with van der Waals surface area (Å²) in [5.41, 5.74) is 5.69. The zero-order chi connectivity index (χ0) is 21.3. The average Bonchev–Trinajstić information content (AvgIpc) is 3.20. The molecule has 0 aliphatic rings. The van der Waals surface area contributed by atoms with Crippen LogP contribution in [0.4, 0.5) is 10.8 Å². The Morgan fingerprint density at radius 2 is 1.66 bits per heavy atom. The Kier molecular flexibility index (Phi) is 5.83. The van der Waals surface area contributed by atoms with Crippen molar-refractivity contribution < 1.29 is 9.59 Å². The van der Waals surface area contributed by atoms with Crippen LogP contribution in [0, 0.1) is 34.6 Å². The van der Waals surface area contributed by atoms with Gasteiger partial charge in [-0.05, 0) is 52.7 Å². The molecule has 8 heteroatoms. The zero-order valence-corrected chi connectivity index (χ0v) is 18.3. The summed E-state index contributed by atoms with van der Waals surface area (Å²) >= 11 is 1.15. The third-order valence-corrected chi connectivity index (χ3v) is 5.69. The van der Waals surface area contributed by atoms with Gasteiger partial charge in [-0.25, -0.2) is 4.98 Å². The first-order chi connectivity index (χ1) is 13.7. The van der Waals surface area contributed by atoms with E-state index < -0.39 is 0 Å². The highest BCUT2D eigenvalue weighted by atomic mass is 32.1. The van der Waals surface area contributed by atoms with E-state index in [-0.39, 0.29) is 11.8 Å². The molecular formula is C21H25N5O2S. The number of thiazole rings is 1. The van der Waals surface area contributed by atoms with E-state index in [2.05, 4.69) is 20.7 Å². The summed E-state index contributed by atoms with van der Waals surface area (Å²) in [6, 6.07) is 4.07. The highest BCUT2D eigenvalue weighted by Gasteiger charge is 2.20. The quantitative estimate of drug-likeness (QED) is 0.651. The number of aryl methyl sites for hydroxylation is 6. The molecule has 0 bridgehead atoms. The Morgan fingerprint density at radius 3 is 2.24 bits per heavy atom. The molecule has 3 aromatic rings. The molecule has 2 N–H and O–H groups in total. The largest absolute Gasteiger partial charge is 0.321 e. The zero-order valence-electron chi connectivity index (χ0n) is 17.5.